The quantitative estimate of drug-likeness (QED) is 0.411. The van der Waals surface area contributed by atoms with Gasteiger partial charge < -0.3 is 14.8 Å². The Morgan fingerprint density at radius 2 is 1.67 bits per heavy atom. The summed E-state index contributed by atoms with van der Waals surface area (Å²) in [5.41, 5.74) is 1.05. The maximum atomic E-state index is 13.4. The summed E-state index contributed by atoms with van der Waals surface area (Å²) in [4.78, 5) is 39.5. The summed E-state index contributed by atoms with van der Waals surface area (Å²) in [6, 6.07) is 21.4. The van der Waals surface area contributed by atoms with Gasteiger partial charge in [0.25, 0.3) is 5.56 Å². The Kier molecular flexibility index (Phi) is 5.25. The lowest BCUT2D eigenvalue weighted by atomic mass is 10.2. The van der Waals surface area contributed by atoms with Gasteiger partial charge in [-0.3, -0.25) is 14.2 Å². The second-order valence-corrected chi connectivity index (χ2v) is 8.38. The molecule has 36 heavy (non-hydrogen) atoms. The molecule has 3 aromatic carbocycles. The van der Waals surface area contributed by atoms with Crippen molar-refractivity contribution in [2.45, 2.75) is 13.1 Å². The molecule has 0 saturated carbocycles. The van der Waals surface area contributed by atoms with Crippen molar-refractivity contribution in [3.63, 3.8) is 0 Å². The number of benzene rings is 3. The van der Waals surface area contributed by atoms with E-state index in [-0.39, 0.29) is 24.4 Å². The van der Waals surface area contributed by atoms with Crippen molar-refractivity contribution in [1.82, 2.24) is 18.7 Å². The van der Waals surface area contributed by atoms with Gasteiger partial charge in [-0.25, -0.2) is 13.9 Å². The number of para-hydroxylation sites is 1. The molecule has 180 valence electrons. The van der Waals surface area contributed by atoms with E-state index in [4.69, 9.17) is 9.47 Å². The minimum absolute atomic E-state index is 0.166. The van der Waals surface area contributed by atoms with Crippen molar-refractivity contribution in [3.8, 4) is 11.5 Å². The van der Waals surface area contributed by atoms with Gasteiger partial charge in [-0.2, -0.15) is 0 Å². The molecule has 3 heterocycles. The summed E-state index contributed by atoms with van der Waals surface area (Å²) in [7, 11) is 0. The van der Waals surface area contributed by atoms with E-state index >= 15 is 0 Å². The van der Waals surface area contributed by atoms with Gasteiger partial charge in [-0.05, 0) is 29.8 Å². The van der Waals surface area contributed by atoms with Crippen LogP contribution in [-0.4, -0.2) is 37.9 Å². The van der Waals surface area contributed by atoms with Crippen molar-refractivity contribution in [2.75, 3.05) is 18.5 Å². The van der Waals surface area contributed by atoms with E-state index < -0.39 is 11.6 Å². The predicted molar refractivity (Wildman–Crippen MR) is 133 cm³/mol. The van der Waals surface area contributed by atoms with Crippen LogP contribution in [-0.2, 0) is 17.9 Å². The monoisotopic (exact) mass is 483 g/mol. The average molecular weight is 483 g/mol. The Morgan fingerprint density at radius 1 is 0.917 bits per heavy atom. The Morgan fingerprint density at radius 3 is 2.50 bits per heavy atom. The molecule has 0 aliphatic carbocycles. The van der Waals surface area contributed by atoms with E-state index in [9.17, 15) is 14.4 Å². The van der Waals surface area contributed by atoms with E-state index in [1.807, 2.05) is 30.3 Å². The average Bonchev–Trinajstić information content (AvgIpc) is 3.22. The first-order valence-corrected chi connectivity index (χ1v) is 11.4. The first-order valence-electron chi connectivity index (χ1n) is 11.4. The molecule has 5 aromatic rings. The predicted octanol–water partition coefficient (Wildman–Crippen LogP) is 2.27. The highest BCUT2D eigenvalue weighted by atomic mass is 16.6. The van der Waals surface area contributed by atoms with Crippen LogP contribution in [0.3, 0.4) is 0 Å². The first kappa shape index (κ1) is 21.7. The van der Waals surface area contributed by atoms with Crippen LogP contribution in [0.2, 0.25) is 0 Å². The fourth-order valence-corrected chi connectivity index (χ4v) is 4.34. The highest BCUT2D eigenvalue weighted by Crippen LogP contribution is 2.32. The summed E-state index contributed by atoms with van der Waals surface area (Å²) >= 11 is 0. The lowest BCUT2D eigenvalue weighted by molar-refractivity contribution is -0.117. The van der Waals surface area contributed by atoms with E-state index in [1.54, 1.807) is 42.5 Å². The number of anilines is 1. The number of carbonyl (C=O) groups excluding carboxylic acids is 1. The first-order chi connectivity index (χ1) is 17.6. The zero-order valence-corrected chi connectivity index (χ0v) is 19.1. The molecule has 1 amide bonds. The van der Waals surface area contributed by atoms with Gasteiger partial charge in [0.15, 0.2) is 11.5 Å². The molecule has 0 spiro atoms. The molecule has 1 aliphatic heterocycles. The second kappa shape index (κ2) is 8.73. The molecule has 1 aliphatic rings. The third-order valence-electron chi connectivity index (χ3n) is 5.99. The molecule has 0 saturated heterocycles. The molecule has 10 heteroatoms. The van der Waals surface area contributed by atoms with E-state index in [1.165, 1.54) is 8.97 Å². The third kappa shape index (κ3) is 3.78. The minimum Gasteiger partial charge on any atom is -0.486 e. The smallest absolute Gasteiger partial charge is 0.352 e. The van der Waals surface area contributed by atoms with Crippen molar-refractivity contribution in [1.29, 1.82) is 0 Å². The lowest BCUT2D eigenvalue weighted by Gasteiger charge is -2.18. The number of ether oxygens (including phenoxy) is 2. The van der Waals surface area contributed by atoms with Gasteiger partial charge in [0.2, 0.25) is 11.7 Å². The molecule has 2 aromatic heterocycles. The molecular formula is C26H21N5O5. The fourth-order valence-electron chi connectivity index (χ4n) is 4.34. The number of carbonyl (C=O) groups is 1. The molecule has 0 unspecified atom stereocenters. The number of nitrogens with zero attached hydrogens (tertiary/aromatic N) is 4. The molecule has 0 radical (unpaired) electrons. The molecule has 0 fully saturated rings. The van der Waals surface area contributed by atoms with Gasteiger partial charge in [-0.15, -0.1) is 5.10 Å². The van der Waals surface area contributed by atoms with Gasteiger partial charge >= 0.3 is 5.69 Å². The maximum absolute atomic E-state index is 13.4. The number of hydrogen-bond acceptors (Lipinski definition) is 6. The summed E-state index contributed by atoms with van der Waals surface area (Å²) in [5, 5.41) is 7.55. The normalized spacial score (nSPS) is 12.7. The van der Waals surface area contributed by atoms with Crippen molar-refractivity contribution in [2.24, 2.45) is 0 Å². The summed E-state index contributed by atoms with van der Waals surface area (Å²) in [6.07, 6.45) is 0. The van der Waals surface area contributed by atoms with Crippen LogP contribution >= 0.6 is 0 Å². The molecule has 10 nitrogen and oxygen atoms in total. The number of amides is 1. The number of fused-ring (bicyclic) bond motifs is 4. The van der Waals surface area contributed by atoms with Crippen molar-refractivity contribution in [3.05, 3.63) is 99.2 Å². The Labute approximate surface area is 203 Å². The maximum Gasteiger partial charge on any atom is 0.352 e. The Bertz CT molecular complexity index is 1740. The molecule has 1 N–H and O–H groups in total. The summed E-state index contributed by atoms with van der Waals surface area (Å²) in [5.74, 6) is 0.873. The van der Waals surface area contributed by atoms with Gasteiger partial charge in [0, 0.05) is 11.8 Å². The van der Waals surface area contributed by atoms with Crippen LogP contribution in [0.15, 0.2) is 82.4 Å². The van der Waals surface area contributed by atoms with Crippen LogP contribution < -0.4 is 26.0 Å². The zero-order valence-electron chi connectivity index (χ0n) is 19.1. The fraction of sp³-hybridized carbons (Fsp3) is 0.154. The highest BCUT2D eigenvalue weighted by molar-refractivity contribution is 5.91. The Balaban J connectivity index is 1.38. The van der Waals surface area contributed by atoms with Crippen LogP contribution in [0.5, 0.6) is 11.5 Å². The molecule has 0 bridgehead atoms. The van der Waals surface area contributed by atoms with Crippen LogP contribution in [0, 0.1) is 0 Å². The van der Waals surface area contributed by atoms with E-state index in [0.717, 1.165) is 10.2 Å². The number of rotatable bonds is 5. The second-order valence-electron chi connectivity index (χ2n) is 8.38. The standard InChI is InChI=1S/C26H21N5O5/c32-23(27-18-10-11-21-22(14-18)36-13-12-35-21)16-30-26(34)31-20-9-5-4-8-19(20)24(33)29(25(31)28-30)15-17-6-2-1-3-7-17/h1-11,14H,12-13,15-16H2,(H,27,32). The number of nitrogens with one attached hydrogen (secondary N) is 1. The third-order valence-corrected chi connectivity index (χ3v) is 5.99. The van der Waals surface area contributed by atoms with E-state index in [0.29, 0.717) is 41.3 Å². The van der Waals surface area contributed by atoms with Crippen LogP contribution in [0.25, 0.3) is 16.7 Å². The summed E-state index contributed by atoms with van der Waals surface area (Å²) < 4.78 is 15.0. The largest absolute Gasteiger partial charge is 0.486 e. The highest BCUT2D eigenvalue weighted by Gasteiger charge is 2.19. The van der Waals surface area contributed by atoms with Crippen molar-refractivity contribution >= 4 is 28.3 Å². The number of hydrogen-bond donors (Lipinski definition) is 1. The zero-order chi connectivity index (χ0) is 24.6. The van der Waals surface area contributed by atoms with Crippen molar-refractivity contribution < 1.29 is 14.3 Å². The van der Waals surface area contributed by atoms with Crippen LogP contribution in [0.4, 0.5) is 5.69 Å². The van der Waals surface area contributed by atoms with Gasteiger partial charge in [0.05, 0.1) is 17.4 Å². The van der Waals surface area contributed by atoms with E-state index in [2.05, 4.69) is 10.4 Å². The van der Waals surface area contributed by atoms with Crippen LogP contribution in [0.1, 0.15) is 5.56 Å². The molecule has 6 rings (SSSR count). The topological polar surface area (TPSA) is 109 Å². The summed E-state index contributed by atoms with van der Waals surface area (Å²) in [6.45, 7) is 0.801. The Hall–Kier alpha value is -4.86. The van der Waals surface area contributed by atoms with Gasteiger partial charge in [0.1, 0.15) is 19.8 Å². The van der Waals surface area contributed by atoms with Gasteiger partial charge in [-0.1, -0.05) is 42.5 Å². The SMILES string of the molecule is O=C(Cn1nc2n(Cc3ccccc3)c(=O)c3ccccc3n2c1=O)Nc1ccc2c(c1)OCCO2. The lowest BCUT2D eigenvalue weighted by Crippen LogP contribution is -2.29. The minimum atomic E-state index is -0.514. The number of aromatic nitrogens is 4. The molecule has 0 atom stereocenters. The molecular weight excluding hydrogens is 462 g/mol.